The lowest BCUT2D eigenvalue weighted by atomic mass is 10.1. The van der Waals surface area contributed by atoms with Crippen LogP contribution in [0.2, 0.25) is 5.02 Å². The molecule has 0 aliphatic heterocycles. The molecule has 0 radical (unpaired) electrons. The number of rotatable bonds is 2. The monoisotopic (exact) mass is 258 g/mol. The lowest BCUT2D eigenvalue weighted by Crippen LogP contribution is -1.96. The van der Waals surface area contributed by atoms with E-state index in [1.165, 1.54) is 0 Å². The smallest absolute Gasteiger partial charge is 0.158 e. The van der Waals surface area contributed by atoms with Crippen molar-refractivity contribution in [3.05, 3.63) is 59.0 Å². The van der Waals surface area contributed by atoms with Gasteiger partial charge >= 0.3 is 0 Å². The molecule has 0 bridgehead atoms. The largest absolute Gasteiger partial charge is 0.396 e. The van der Waals surface area contributed by atoms with Crippen molar-refractivity contribution in [1.29, 1.82) is 0 Å². The maximum Gasteiger partial charge on any atom is 0.158 e. The fourth-order valence-electron chi connectivity index (χ4n) is 1.91. The number of nitrogens with zero attached hydrogens (tertiary/aromatic N) is 3. The predicted molar refractivity (Wildman–Crippen MR) is 71.7 cm³/mol. The van der Waals surface area contributed by atoms with Gasteiger partial charge in [0.25, 0.3) is 0 Å². The summed E-state index contributed by atoms with van der Waals surface area (Å²) in [5.41, 5.74) is 9.16. The molecule has 1 aromatic carbocycles. The van der Waals surface area contributed by atoms with Crippen LogP contribution in [0.25, 0.3) is 5.65 Å². The summed E-state index contributed by atoms with van der Waals surface area (Å²) in [5.74, 6) is 0. The van der Waals surface area contributed by atoms with Crippen molar-refractivity contribution in [2.75, 3.05) is 5.73 Å². The number of halogens is 1. The molecule has 0 atom stereocenters. The first-order valence-corrected chi connectivity index (χ1v) is 5.93. The number of fused-ring (bicyclic) bond motifs is 1. The zero-order valence-corrected chi connectivity index (χ0v) is 10.3. The Morgan fingerprint density at radius 1 is 1.17 bits per heavy atom. The topological polar surface area (TPSA) is 56.2 Å². The molecule has 0 unspecified atom stereocenters. The summed E-state index contributed by atoms with van der Waals surface area (Å²) >= 11 is 6.15. The van der Waals surface area contributed by atoms with Gasteiger partial charge in [-0.3, -0.25) is 0 Å². The van der Waals surface area contributed by atoms with Crippen molar-refractivity contribution >= 4 is 22.9 Å². The number of anilines is 1. The third kappa shape index (κ3) is 1.91. The number of hydrogen-bond acceptors (Lipinski definition) is 3. The van der Waals surface area contributed by atoms with E-state index in [-0.39, 0.29) is 0 Å². The Morgan fingerprint density at radius 3 is 2.83 bits per heavy atom. The standard InChI is InChI=1S/C13H11ClN4/c14-12-4-2-1-3-9(12)5-10-6-17-18-8-11(15)7-16-13(10)18/h1-4,6-8H,5,15H2. The van der Waals surface area contributed by atoms with Crippen molar-refractivity contribution in [3.8, 4) is 0 Å². The Labute approximate surface area is 109 Å². The van der Waals surface area contributed by atoms with Gasteiger partial charge in [-0.1, -0.05) is 29.8 Å². The molecule has 2 heterocycles. The van der Waals surface area contributed by atoms with E-state index in [1.54, 1.807) is 23.1 Å². The molecule has 2 N–H and O–H groups in total. The van der Waals surface area contributed by atoms with Crippen LogP contribution in [-0.4, -0.2) is 14.6 Å². The van der Waals surface area contributed by atoms with Crippen LogP contribution >= 0.6 is 11.6 Å². The van der Waals surface area contributed by atoms with Gasteiger partial charge in [-0.25, -0.2) is 9.50 Å². The molecule has 18 heavy (non-hydrogen) atoms. The van der Waals surface area contributed by atoms with Gasteiger partial charge in [0.2, 0.25) is 0 Å². The highest BCUT2D eigenvalue weighted by Crippen LogP contribution is 2.20. The number of hydrogen-bond donors (Lipinski definition) is 1. The maximum absolute atomic E-state index is 6.15. The highest BCUT2D eigenvalue weighted by molar-refractivity contribution is 6.31. The van der Waals surface area contributed by atoms with E-state index >= 15 is 0 Å². The highest BCUT2D eigenvalue weighted by atomic mass is 35.5. The summed E-state index contributed by atoms with van der Waals surface area (Å²) in [6.45, 7) is 0. The first-order valence-electron chi connectivity index (χ1n) is 5.55. The van der Waals surface area contributed by atoms with Crippen LogP contribution in [0.3, 0.4) is 0 Å². The van der Waals surface area contributed by atoms with E-state index in [4.69, 9.17) is 17.3 Å². The van der Waals surface area contributed by atoms with Gasteiger partial charge in [-0.15, -0.1) is 0 Å². The zero-order valence-electron chi connectivity index (χ0n) is 9.55. The first-order chi connectivity index (χ1) is 8.74. The molecular formula is C13H11ClN4. The highest BCUT2D eigenvalue weighted by Gasteiger charge is 2.08. The summed E-state index contributed by atoms with van der Waals surface area (Å²) in [7, 11) is 0. The van der Waals surface area contributed by atoms with E-state index in [1.807, 2.05) is 24.3 Å². The normalized spacial score (nSPS) is 10.9. The third-order valence-corrected chi connectivity index (χ3v) is 3.16. The van der Waals surface area contributed by atoms with Crippen molar-refractivity contribution in [1.82, 2.24) is 14.6 Å². The Morgan fingerprint density at radius 2 is 2.00 bits per heavy atom. The van der Waals surface area contributed by atoms with Crippen molar-refractivity contribution < 1.29 is 0 Å². The Balaban J connectivity index is 2.03. The summed E-state index contributed by atoms with van der Waals surface area (Å²) in [5, 5.41) is 4.99. The van der Waals surface area contributed by atoms with Crippen LogP contribution < -0.4 is 5.73 Å². The van der Waals surface area contributed by atoms with Gasteiger partial charge in [0.1, 0.15) is 0 Å². The van der Waals surface area contributed by atoms with Gasteiger partial charge in [0.05, 0.1) is 24.3 Å². The number of nitrogens with two attached hydrogens (primary N) is 1. The predicted octanol–water partition coefficient (Wildman–Crippen LogP) is 2.56. The van der Waals surface area contributed by atoms with Gasteiger partial charge in [-0.05, 0) is 11.6 Å². The minimum Gasteiger partial charge on any atom is -0.396 e. The van der Waals surface area contributed by atoms with Gasteiger partial charge < -0.3 is 5.73 Å². The average Bonchev–Trinajstić information content (AvgIpc) is 2.74. The fourth-order valence-corrected chi connectivity index (χ4v) is 2.11. The summed E-state index contributed by atoms with van der Waals surface area (Å²) in [6.07, 6.45) is 5.89. The summed E-state index contributed by atoms with van der Waals surface area (Å²) in [6, 6.07) is 7.77. The van der Waals surface area contributed by atoms with E-state index in [9.17, 15) is 0 Å². The van der Waals surface area contributed by atoms with Crippen LogP contribution in [0.4, 0.5) is 5.69 Å². The number of aromatic nitrogens is 3. The molecule has 3 rings (SSSR count). The molecule has 0 saturated heterocycles. The van der Waals surface area contributed by atoms with Crippen molar-refractivity contribution in [2.45, 2.75) is 6.42 Å². The molecule has 0 fully saturated rings. The molecule has 0 amide bonds. The molecule has 5 heteroatoms. The second-order valence-corrected chi connectivity index (χ2v) is 4.50. The van der Waals surface area contributed by atoms with E-state index in [0.29, 0.717) is 12.1 Å². The maximum atomic E-state index is 6.15. The van der Waals surface area contributed by atoms with E-state index in [2.05, 4.69) is 10.1 Å². The fraction of sp³-hybridized carbons (Fsp3) is 0.0769. The summed E-state index contributed by atoms with van der Waals surface area (Å²) in [4.78, 5) is 4.30. The Hall–Kier alpha value is -2.07. The van der Waals surface area contributed by atoms with Crippen LogP contribution in [-0.2, 0) is 6.42 Å². The minimum absolute atomic E-state index is 0.592. The van der Waals surface area contributed by atoms with Crippen LogP contribution in [0.1, 0.15) is 11.1 Å². The van der Waals surface area contributed by atoms with Gasteiger partial charge in [-0.2, -0.15) is 5.10 Å². The molecule has 0 saturated carbocycles. The lowest BCUT2D eigenvalue weighted by Gasteiger charge is -2.02. The molecule has 90 valence electrons. The van der Waals surface area contributed by atoms with Crippen molar-refractivity contribution in [2.24, 2.45) is 0 Å². The van der Waals surface area contributed by atoms with Crippen molar-refractivity contribution in [3.63, 3.8) is 0 Å². The average molecular weight is 259 g/mol. The molecule has 4 nitrogen and oxygen atoms in total. The number of nitrogen functional groups attached to an aromatic ring is 1. The quantitative estimate of drug-likeness (QED) is 0.769. The second kappa shape index (κ2) is 4.31. The molecule has 3 aromatic rings. The lowest BCUT2D eigenvalue weighted by molar-refractivity contribution is 0.942. The molecule has 0 spiro atoms. The zero-order chi connectivity index (χ0) is 12.5. The Bertz CT molecular complexity index is 705. The molecular weight excluding hydrogens is 248 g/mol. The minimum atomic E-state index is 0.592. The van der Waals surface area contributed by atoms with Crippen LogP contribution in [0.15, 0.2) is 42.9 Å². The second-order valence-electron chi connectivity index (χ2n) is 4.09. The van der Waals surface area contributed by atoms with Gasteiger partial charge in [0.15, 0.2) is 5.65 Å². The molecule has 0 aliphatic rings. The van der Waals surface area contributed by atoms with Crippen LogP contribution in [0.5, 0.6) is 0 Å². The van der Waals surface area contributed by atoms with E-state index in [0.717, 1.165) is 21.8 Å². The molecule has 0 aliphatic carbocycles. The van der Waals surface area contributed by atoms with Gasteiger partial charge in [0, 0.05) is 17.0 Å². The summed E-state index contributed by atoms with van der Waals surface area (Å²) < 4.78 is 1.68. The van der Waals surface area contributed by atoms with E-state index < -0.39 is 0 Å². The first kappa shape index (κ1) is 11.0. The van der Waals surface area contributed by atoms with Crippen LogP contribution in [0, 0.1) is 0 Å². The SMILES string of the molecule is Nc1cnc2c(Cc3ccccc3Cl)cnn2c1. The Kier molecular flexibility index (Phi) is 2.64. The third-order valence-electron chi connectivity index (χ3n) is 2.79. The number of benzene rings is 1. The molecule has 2 aromatic heterocycles.